The smallest absolute Gasteiger partial charge is 0.245 e. The predicted octanol–water partition coefficient (Wildman–Crippen LogP) is 3.36. The summed E-state index contributed by atoms with van der Waals surface area (Å²) in [5.41, 5.74) is 1.72. The average Bonchev–Trinajstić information content (AvgIpc) is 2.33. The van der Waals surface area contributed by atoms with Gasteiger partial charge in [-0.2, -0.15) is 0 Å². The maximum Gasteiger partial charge on any atom is 0.245 e. The molecule has 0 aliphatic carbocycles. The number of aromatic hydroxyl groups is 1. The lowest BCUT2D eigenvalue weighted by atomic mass is 10.0. The van der Waals surface area contributed by atoms with Gasteiger partial charge in [0.1, 0.15) is 11.1 Å². The van der Waals surface area contributed by atoms with Gasteiger partial charge in [0.2, 0.25) is 5.91 Å². The van der Waals surface area contributed by atoms with Gasteiger partial charge in [0.15, 0.2) is 0 Å². The number of amides is 1. The van der Waals surface area contributed by atoms with Crippen molar-refractivity contribution in [3.63, 3.8) is 0 Å². The molecule has 0 fully saturated rings. The largest absolute Gasteiger partial charge is 0.508 e. The van der Waals surface area contributed by atoms with Crippen molar-refractivity contribution in [1.82, 2.24) is 4.90 Å². The molecule has 0 aromatic heterocycles. The molecular weight excluding hydrogens is 318 g/mol. The minimum Gasteiger partial charge on any atom is -0.508 e. The molecule has 2 rings (SSSR count). The normalized spacial score (nSPS) is 19.9. The van der Waals surface area contributed by atoms with Crippen LogP contribution in [0.4, 0.5) is 0 Å². The Hall–Kier alpha value is -1.00. The van der Waals surface area contributed by atoms with E-state index in [2.05, 4.69) is 15.9 Å². The highest BCUT2D eigenvalue weighted by Crippen LogP contribution is 2.33. The first kappa shape index (κ1) is 13.4. The van der Waals surface area contributed by atoms with Crippen molar-refractivity contribution in [2.75, 3.05) is 6.54 Å². The Labute approximate surface area is 119 Å². The summed E-state index contributed by atoms with van der Waals surface area (Å²) in [6.45, 7) is 2.48. The molecule has 0 saturated heterocycles. The molecule has 18 heavy (non-hydrogen) atoms. The van der Waals surface area contributed by atoms with E-state index < -0.39 is 5.38 Å². The van der Waals surface area contributed by atoms with Crippen molar-refractivity contribution >= 4 is 39.1 Å². The van der Waals surface area contributed by atoms with Crippen LogP contribution in [0.15, 0.2) is 28.7 Å². The first-order valence-corrected chi connectivity index (χ1v) is 6.92. The number of phenolic OH excluding ortho intramolecular Hbond substituents is 1. The number of nitrogens with zero attached hydrogens (tertiary/aromatic N) is 1. The molecule has 1 heterocycles. The van der Waals surface area contributed by atoms with Crippen molar-refractivity contribution in [3.8, 4) is 5.75 Å². The number of halogens is 2. The monoisotopic (exact) mass is 329 g/mol. The highest BCUT2D eigenvalue weighted by Gasteiger charge is 2.29. The molecule has 1 N–H and O–H groups in total. The number of hydrogen-bond donors (Lipinski definition) is 1. The van der Waals surface area contributed by atoms with Gasteiger partial charge in [-0.25, -0.2) is 0 Å². The van der Waals surface area contributed by atoms with Gasteiger partial charge < -0.3 is 10.0 Å². The minimum atomic E-state index is -0.482. The number of alkyl halides is 1. The van der Waals surface area contributed by atoms with Gasteiger partial charge in [-0.05, 0) is 47.5 Å². The first-order valence-electron chi connectivity index (χ1n) is 5.69. The summed E-state index contributed by atoms with van der Waals surface area (Å²) in [5, 5.41) is 8.92. The SMILES string of the molecule is CCN1C(=O)C(Cl)CC=C1c1ccc(O)cc1Br. The van der Waals surface area contributed by atoms with Gasteiger partial charge in [0.25, 0.3) is 0 Å². The van der Waals surface area contributed by atoms with Gasteiger partial charge in [0, 0.05) is 22.3 Å². The van der Waals surface area contributed by atoms with Crippen LogP contribution in [0, 0.1) is 0 Å². The van der Waals surface area contributed by atoms with E-state index in [4.69, 9.17) is 11.6 Å². The van der Waals surface area contributed by atoms with E-state index in [1.54, 1.807) is 23.1 Å². The highest BCUT2D eigenvalue weighted by atomic mass is 79.9. The van der Waals surface area contributed by atoms with Crippen LogP contribution in [0.25, 0.3) is 5.70 Å². The molecule has 1 aliphatic heterocycles. The Kier molecular flexibility index (Phi) is 3.97. The van der Waals surface area contributed by atoms with Crippen molar-refractivity contribution in [2.24, 2.45) is 0 Å². The van der Waals surface area contributed by atoms with Crippen LogP contribution < -0.4 is 0 Å². The summed E-state index contributed by atoms with van der Waals surface area (Å²) >= 11 is 9.37. The summed E-state index contributed by atoms with van der Waals surface area (Å²) in [6, 6.07) is 5.00. The lowest BCUT2D eigenvalue weighted by molar-refractivity contribution is -0.127. The Balaban J connectivity index is 2.45. The van der Waals surface area contributed by atoms with Crippen molar-refractivity contribution < 1.29 is 9.90 Å². The second-order valence-corrected chi connectivity index (χ2v) is 5.42. The molecule has 1 atom stereocenters. The van der Waals surface area contributed by atoms with E-state index in [0.717, 1.165) is 15.7 Å². The summed E-state index contributed by atoms with van der Waals surface area (Å²) in [5.74, 6) is 0.114. The molecule has 3 nitrogen and oxygen atoms in total. The van der Waals surface area contributed by atoms with E-state index in [9.17, 15) is 9.90 Å². The van der Waals surface area contributed by atoms with Gasteiger partial charge in [-0.1, -0.05) is 6.08 Å². The second kappa shape index (κ2) is 5.33. The number of carbonyl (C=O) groups is 1. The molecule has 0 saturated carbocycles. The lowest BCUT2D eigenvalue weighted by Crippen LogP contribution is -2.38. The molecular formula is C13H13BrClNO2. The topological polar surface area (TPSA) is 40.5 Å². The maximum absolute atomic E-state index is 12.0. The van der Waals surface area contributed by atoms with E-state index in [1.807, 2.05) is 13.0 Å². The van der Waals surface area contributed by atoms with Crippen LogP contribution in [-0.2, 0) is 4.79 Å². The van der Waals surface area contributed by atoms with Crippen LogP contribution in [0.2, 0.25) is 0 Å². The van der Waals surface area contributed by atoms with Crippen molar-refractivity contribution in [1.29, 1.82) is 0 Å². The predicted molar refractivity (Wildman–Crippen MR) is 75.4 cm³/mol. The number of phenols is 1. The number of hydrogen-bond acceptors (Lipinski definition) is 2. The summed E-state index contributed by atoms with van der Waals surface area (Å²) in [4.78, 5) is 13.7. The van der Waals surface area contributed by atoms with Crippen molar-refractivity contribution in [2.45, 2.75) is 18.7 Å². The molecule has 1 aliphatic rings. The Morgan fingerprint density at radius 1 is 1.56 bits per heavy atom. The average molecular weight is 331 g/mol. The number of rotatable bonds is 2. The van der Waals surface area contributed by atoms with Gasteiger partial charge in [-0.15, -0.1) is 11.6 Å². The summed E-state index contributed by atoms with van der Waals surface area (Å²) < 4.78 is 0.757. The van der Waals surface area contributed by atoms with Crippen LogP contribution in [0.3, 0.4) is 0 Å². The fourth-order valence-electron chi connectivity index (χ4n) is 2.01. The van der Waals surface area contributed by atoms with E-state index in [1.165, 1.54) is 0 Å². The second-order valence-electron chi connectivity index (χ2n) is 4.04. The molecule has 0 bridgehead atoms. The van der Waals surface area contributed by atoms with Crippen LogP contribution in [0.1, 0.15) is 18.9 Å². The third kappa shape index (κ3) is 2.40. The molecule has 5 heteroatoms. The molecule has 1 unspecified atom stereocenters. The number of carbonyl (C=O) groups excluding carboxylic acids is 1. The Morgan fingerprint density at radius 2 is 2.28 bits per heavy atom. The molecule has 1 amide bonds. The van der Waals surface area contributed by atoms with Crippen LogP contribution in [-0.4, -0.2) is 27.8 Å². The Bertz CT molecular complexity index is 516. The third-order valence-electron chi connectivity index (χ3n) is 2.89. The molecule has 1 aromatic carbocycles. The molecule has 0 radical (unpaired) electrons. The van der Waals surface area contributed by atoms with E-state index in [0.29, 0.717) is 13.0 Å². The van der Waals surface area contributed by atoms with E-state index in [-0.39, 0.29) is 11.7 Å². The van der Waals surface area contributed by atoms with Crippen LogP contribution >= 0.6 is 27.5 Å². The standard InChI is InChI=1S/C13H13BrClNO2/c1-2-16-12(6-5-11(15)13(16)18)9-4-3-8(17)7-10(9)14/h3-4,6-7,11,17H,2,5H2,1H3. The van der Waals surface area contributed by atoms with Gasteiger partial charge in [0.05, 0.1) is 0 Å². The zero-order chi connectivity index (χ0) is 13.3. The Morgan fingerprint density at radius 3 is 2.89 bits per heavy atom. The number of benzene rings is 1. The van der Waals surface area contributed by atoms with E-state index >= 15 is 0 Å². The highest BCUT2D eigenvalue weighted by molar-refractivity contribution is 9.10. The summed E-state index contributed by atoms with van der Waals surface area (Å²) in [7, 11) is 0. The third-order valence-corrected chi connectivity index (χ3v) is 3.91. The molecule has 1 aromatic rings. The lowest BCUT2D eigenvalue weighted by Gasteiger charge is -2.30. The zero-order valence-corrected chi connectivity index (χ0v) is 12.2. The first-order chi connectivity index (χ1) is 8.54. The maximum atomic E-state index is 12.0. The number of allylic oxidation sites excluding steroid dienone is 1. The quantitative estimate of drug-likeness (QED) is 0.845. The molecule has 0 spiro atoms. The molecule has 96 valence electrons. The van der Waals surface area contributed by atoms with Gasteiger partial charge >= 0.3 is 0 Å². The van der Waals surface area contributed by atoms with Crippen LogP contribution in [0.5, 0.6) is 5.75 Å². The fraction of sp³-hybridized carbons (Fsp3) is 0.308. The zero-order valence-electron chi connectivity index (χ0n) is 9.86. The summed E-state index contributed by atoms with van der Waals surface area (Å²) in [6.07, 6.45) is 2.49. The fourth-order valence-corrected chi connectivity index (χ4v) is 2.78. The van der Waals surface area contributed by atoms with Gasteiger partial charge in [-0.3, -0.25) is 4.79 Å². The minimum absolute atomic E-state index is 0.0726. The van der Waals surface area contributed by atoms with Crippen molar-refractivity contribution in [3.05, 3.63) is 34.3 Å².